The number of esters is 1. The number of fused-ring (bicyclic) bond motifs is 5. The number of hydrogen-bond donors (Lipinski definition) is 5. The lowest BCUT2D eigenvalue weighted by atomic mass is 9.78. The molecule has 0 spiro atoms. The summed E-state index contributed by atoms with van der Waals surface area (Å²) in [6.07, 6.45) is 4.58. The zero-order valence-electron chi connectivity index (χ0n) is 40.6. The Morgan fingerprint density at radius 3 is 2.31 bits per heavy atom. The van der Waals surface area contributed by atoms with Gasteiger partial charge in [0.25, 0.3) is 5.91 Å². The average Bonchev–Trinajstić information content (AvgIpc) is 3.58. The van der Waals surface area contributed by atoms with Crippen molar-refractivity contribution in [1.82, 2.24) is 9.88 Å². The van der Waals surface area contributed by atoms with Gasteiger partial charge in [-0.25, -0.2) is 4.98 Å². The van der Waals surface area contributed by atoms with E-state index < -0.39 is 88.1 Å². The topological polar surface area (TPSA) is 231 Å². The fourth-order valence-electron chi connectivity index (χ4n) is 9.74. The van der Waals surface area contributed by atoms with E-state index in [2.05, 4.69) is 29.0 Å². The molecule has 17 heteroatoms. The SMILES string of the molecule is CCC(C)N1CCN(c2cc(=O)c3nc4c(oc3c2)c2c(=O)c3c(O)c(C)c5c(c34)=C(O)[C@@](C)(O/C=C\[C@H](OC)[C@@H](C)[C@@H](OC(C)=O)[C@H](C)[C@H](O)[C@H](C)[C@@H](O)[C@@H](C)/C=C/C=C(\C)C(=O)N2)O5)CC1. The van der Waals surface area contributed by atoms with E-state index in [1.165, 1.54) is 59.3 Å². The molecule has 5 N–H and O–H groups in total. The highest BCUT2D eigenvalue weighted by molar-refractivity contribution is 6.16. The number of hydrogen-bond acceptors (Lipinski definition) is 16. The molecule has 0 saturated carbocycles. The van der Waals surface area contributed by atoms with Crippen molar-refractivity contribution in [3.63, 3.8) is 0 Å². The number of nitrogens with zero attached hydrogens (tertiary/aromatic N) is 3. The maximum absolute atomic E-state index is 14.9. The average molecular weight is 941 g/mol. The third-order valence-corrected chi connectivity index (χ3v) is 14.3. The number of aliphatic hydroxyl groups excluding tert-OH is 3. The van der Waals surface area contributed by atoms with E-state index in [0.29, 0.717) is 24.8 Å². The van der Waals surface area contributed by atoms with Crippen LogP contribution in [0.1, 0.15) is 74.3 Å². The van der Waals surface area contributed by atoms with Crippen molar-refractivity contribution < 1.29 is 53.4 Å². The minimum absolute atomic E-state index is 0.0388. The van der Waals surface area contributed by atoms with E-state index in [1.807, 2.05) is 0 Å². The quantitative estimate of drug-likeness (QED) is 0.0948. The summed E-state index contributed by atoms with van der Waals surface area (Å²) in [5.74, 6) is -6.93. The monoisotopic (exact) mass is 940 g/mol. The highest BCUT2D eigenvalue weighted by atomic mass is 16.7. The molecule has 4 aromatic rings. The molecular formula is C51H64N4O13. The number of allylic oxidation sites excluding steroid dienone is 2. The van der Waals surface area contributed by atoms with Crippen molar-refractivity contribution in [2.24, 2.45) is 23.7 Å². The van der Waals surface area contributed by atoms with Crippen LogP contribution >= 0.6 is 0 Å². The number of nitrogens with one attached hydrogen (secondary N) is 1. The molecule has 17 nitrogen and oxygen atoms in total. The Balaban J connectivity index is 1.46. The van der Waals surface area contributed by atoms with Gasteiger partial charge in [-0.3, -0.25) is 24.1 Å². The number of aromatic nitrogens is 1. The Morgan fingerprint density at radius 1 is 0.971 bits per heavy atom. The Hall–Kier alpha value is -6.01. The number of aromatic hydroxyl groups is 1. The highest BCUT2D eigenvalue weighted by Gasteiger charge is 2.44. The van der Waals surface area contributed by atoms with E-state index in [1.54, 1.807) is 45.9 Å². The number of anilines is 2. The number of methoxy groups -OCH3 is 1. The van der Waals surface area contributed by atoms with Crippen molar-refractivity contribution >= 4 is 62.0 Å². The van der Waals surface area contributed by atoms with E-state index in [4.69, 9.17) is 28.3 Å². The first-order valence-electron chi connectivity index (χ1n) is 23.3. The molecule has 3 aromatic carbocycles. The molecule has 3 aliphatic heterocycles. The lowest BCUT2D eigenvalue weighted by Crippen LogP contribution is -2.49. The van der Waals surface area contributed by atoms with Crippen LogP contribution in [0.2, 0.25) is 0 Å². The van der Waals surface area contributed by atoms with Crippen molar-refractivity contribution in [2.45, 2.75) is 112 Å². The molecule has 68 heavy (non-hydrogen) atoms. The minimum atomic E-state index is -1.98. The number of benzene rings is 3. The molecule has 10 atom stereocenters. The van der Waals surface area contributed by atoms with Crippen molar-refractivity contribution in [1.29, 1.82) is 0 Å². The fraction of sp³-hybridized carbons (Fsp3) is 0.510. The standard InChI is InChI=1S/C51H64N4O13/c1-12-26(4)54-17-19-55(20-18-54)32-22-33(57)39-35(23-32)67-48-40(52-39)36-37-44(60)30(8)47-38(36)49(62)51(10,68-47)65-21-16-34(64-11)27(5)46(66-31(9)56)29(7)43(59)28(6)42(58)24(2)14-13-15-25(3)50(63)53-41(48)45(37)61/h13-16,21-24,26-29,34,42-43,46,58-60,62H,12,17-20H2,1-11H3,(H,53,63)/b14-13+,21-16-,25-15+/t24-,26?,27+,28+,29+,34-,42-,43+,46+,51-/m0/s1. The van der Waals surface area contributed by atoms with E-state index in [9.17, 15) is 39.6 Å². The third kappa shape index (κ3) is 9.04. The molecule has 1 aromatic heterocycles. The summed E-state index contributed by atoms with van der Waals surface area (Å²) in [5, 5.41) is 49.3. The first-order chi connectivity index (χ1) is 32.1. The summed E-state index contributed by atoms with van der Waals surface area (Å²) < 4.78 is 30.6. The molecule has 7 rings (SSSR count). The van der Waals surface area contributed by atoms with Crippen LogP contribution in [0.3, 0.4) is 0 Å². The molecule has 5 bridgehead atoms. The summed E-state index contributed by atoms with van der Waals surface area (Å²) in [6.45, 7) is 19.8. The van der Waals surface area contributed by atoms with Gasteiger partial charge < -0.3 is 54.0 Å². The molecule has 366 valence electrons. The van der Waals surface area contributed by atoms with Crippen LogP contribution in [-0.2, 0) is 23.8 Å². The molecule has 0 aliphatic carbocycles. The second kappa shape index (κ2) is 19.5. The van der Waals surface area contributed by atoms with Crippen LogP contribution in [0.5, 0.6) is 11.5 Å². The van der Waals surface area contributed by atoms with Crippen LogP contribution in [0.25, 0.3) is 38.7 Å². The van der Waals surface area contributed by atoms with E-state index in [-0.39, 0.29) is 60.8 Å². The van der Waals surface area contributed by atoms with Gasteiger partial charge in [0.05, 0.1) is 35.2 Å². The number of carbonyl (C=O) groups excluding carboxylic acids is 2. The number of rotatable bonds is 5. The minimum Gasteiger partial charge on any atom is -0.507 e. The van der Waals surface area contributed by atoms with Crippen LogP contribution in [0, 0.1) is 30.6 Å². The number of phenols is 1. The number of phenolic OH excluding ortho intramolecular Hbond substituents is 1. The summed E-state index contributed by atoms with van der Waals surface area (Å²) in [6, 6.07) is 3.57. The Morgan fingerprint density at radius 2 is 1.66 bits per heavy atom. The summed E-state index contributed by atoms with van der Waals surface area (Å²) in [4.78, 5) is 64.7. The van der Waals surface area contributed by atoms with Gasteiger partial charge in [0, 0.05) is 111 Å². The Kier molecular flexibility index (Phi) is 14.3. The smallest absolute Gasteiger partial charge is 0.307 e. The van der Waals surface area contributed by atoms with Gasteiger partial charge in [-0.2, -0.15) is 0 Å². The van der Waals surface area contributed by atoms with Gasteiger partial charge >= 0.3 is 11.8 Å². The van der Waals surface area contributed by atoms with Crippen molar-refractivity contribution in [2.75, 3.05) is 43.5 Å². The van der Waals surface area contributed by atoms with E-state index in [0.717, 1.165) is 19.5 Å². The second-order valence-corrected chi connectivity index (χ2v) is 18.8. The molecular weight excluding hydrogens is 877 g/mol. The van der Waals surface area contributed by atoms with Gasteiger partial charge in [-0.15, -0.1) is 0 Å². The molecule has 0 radical (unpaired) electrons. The number of piperazine rings is 1. The zero-order chi connectivity index (χ0) is 49.7. The van der Waals surface area contributed by atoms with Crippen molar-refractivity contribution in [3.05, 3.63) is 79.5 Å². The van der Waals surface area contributed by atoms with Crippen LogP contribution in [0.15, 0.2) is 62.3 Å². The Bertz CT molecular complexity index is 2900. The van der Waals surface area contributed by atoms with Crippen LogP contribution in [0.4, 0.5) is 11.4 Å². The summed E-state index contributed by atoms with van der Waals surface area (Å²) in [7, 11) is 1.45. The number of carbonyl (C=O) groups is 2. The highest BCUT2D eigenvalue weighted by Crippen LogP contribution is 2.42. The van der Waals surface area contributed by atoms with Crippen LogP contribution in [-0.4, -0.2) is 112 Å². The third-order valence-electron chi connectivity index (χ3n) is 14.3. The van der Waals surface area contributed by atoms with Gasteiger partial charge in [0.2, 0.25) is 10.9 Å². The number of amides is 1. The van der Waals surface area contributed by atoms with Gasteiger partial charge in [0.15, 0.2) is 22.4 Å². The molecule has 1 fully saturated rings. The molecule has 1 amide bonds. The first kappa shape index (κ1) is 49.9. The predicted molar refractivity (Wildman–Crippen MR) is 259 cm³/mol. The van der Waals surface area contributed by atoms with Crippen LogP contribution < -0.4 is 31.0 Å². The van der Waals surface area contributed by atoms with Gasteiger partial charge in [-0.1, -0.05) is 52.8 Å². The van der Waals surface area contributed by atoms with Gasteiger partial charge in [-0.05, 0) is 33.3 Å². The van der Waals surface area contributed by atoms with Crippen molar-refractivity contribution in [3.8, 4) is 11.5 Å². The largest absolute Gasteiger partial charge is 0.507 e. The lowest BCUT2D eigenvalue weighted by molar-refractivity contribution is -0.160. The number of aliphatic hydroxyl groups is 3. The molecule has 1 unspecified atom stereocenters. The zero-order valence-corrected chi connectivity index (χ0v) is 40.6. The number of ether oxygens (including phenoxy) is 4. The second-order valence-electron chi connectivity index (χ2n) is 18.8. The van der Waals surface area contributed by atoms with Gasteiger partial charge in [0.1, 0.15) is 28.8 Å². The maximum Gasteiger partial charge on any atom is 0.307 e. The molecule has 3 aliphatic rings. The fourth-order valence-corrected chi connectivity index (χ4v) is 9.74. The van der Waals surface area contributed by atoms with E-state index >= 15 is 0 Å². The predicted octanol–water partition coefficient (Wildman–Crippen LogP) is 5.48. The molecule has 1 saturated heterocycles. The summed E-state index contributed by atoms with van der Waals surface area (Å²) >= 11 is 0. The normalized spacial score (nSPS) is 29.9. The Labute approximate surface area is 394 Å². The summed E-state index contributed by atoms with van der Waals surface area (Å²) in [5.41, 5.74) is -1.35. The first-order valence-corrected chi connectivity index (χ1v) is 23.3. The maximum atomic E-state index is 14.9. The molecule has 4 heterocycles. The lowest BCUT2D eigenvalue weighted by Gasteiger charge is -2.38.